The molecule has 4 aromatic rings. The summed E-state index contributed by atoms with van der Waals surface area (Å²) in [6.07, 6.45) is 1.37. The Bertz CT molecular complexity index is 1580. The van der Waals surface area contributed by atoms with Crippen LogP contribution in [0.2, 0.25) is 0 Å². The van der Waals surface area contributed by atoms with Crippen LogP contribution < -0.4 is 10.0 Å². The average molecular weight is 496 g/mol. The molecule has 0 heterocycles. The lowest BCUT2D eigenvalue weighted by Gasteiger charge is -2.21. The molecular formula is C29H25N3O3S. The van der Waals surface area contributed by atoms with Gasteiger partial charge < -0.3 is 5.32 Å². The van der Waals surface area contributed by atoms with E-state index in [1.165, 1.54) is 0 Å². The van der Waals surface area contributed by atoms with E-state index < -0.39 is 16.1 Å². The number of hydrogen-bond acceptors (Lipinski definition) is 4. The molecule has 0 saturated carbocycles. The molecule has 0 spiro atoms. The first-order chi connectivity index (χ1) is 17.4. The molecule has 0 saturated heterocycles. The van der Waals surface area contributed by atoms with Crippen LogP contribution in [0.3, 0.4) is 0 Å². The Hall–Kier alpha value is -3.99. The first kappa shape index (κ1) is 23.7. The third-order valence-electron chi connectivity index (χ3n) is 6.65. The highest BCUT2D eigenvalue weighted by Gasteiger charge is 2.28. The SMILES string of the molecule is N#Cc1cccc2c1CCC2NC(=O)CC(NS(=O)(=O)c1ccc2ccccc2c1)c1ccccc1. The van der Waals surface area contributed by atoms with Crippen molar-refractivity contribution in [1.29, 1.82) is 5.26 Å². The zero-order valence-electron chi connectivity index (χ0n) is 19.5. The third kappa shape index (κ3) is 4.87. The molecule has 0 radical (unpaired) electrons. The number of carbonyl (C=O) groups excluding carboxylic acids is 1. The van der Waals surface area contributed by atoms with Crippen molar-refractivity contribution in [3.63, 3.8) is 0 Å². The highest BCUT2D eigenvalue weighted by molar-refractivity contribution is 7.89. The summed E-state index contributed by atoms with van der Waals surface area (Å²) in [6.45, 7) is 0. The Kier molecular flexibility index (Phi) is 6.55. The second-order valence-corrected chi connectivity index (χ2v) is 10.7. The zero-order valence-corrected chi connectivity index (χ0v) is 20.3. The highest BCUT2D eigenvalue weighted by Crippen LogP contribution is 2.33. The normalized spacial score (nSPS) is 15.7. The molecule has 5 rings (SSSR count). The summed E-state index contributed by atoms with van der Waals surface area (Å²) < 4.78 is 29.4. The van der Waals surface area contributed by atoms with Crippen molar-refractivity contribution < 1.29 is 13.2 Å². The van der Waals surface area contributed by atoms with Gasteiger partial charge in [-0.3, -0.25) is 4.79 Å². The Morgan fingerprint density at radius 1 is 0.944 bits per heavy atom. The first-order valence-electron chi connectivity index (χ1n) is 11.8. The van der Waals surface area contributed by atoms with Gasteiger partial charge in [-0.1, -0.05) is 72.8 Å². The van der Waals surface area contributed by atoms with Crippen LogP contribution >= 0.6 is 0 Å². The van der Waals surface area contributed by atoms with Gasteiger partial charge in [0.25, 0.3) is 0 Å². The number of nitriles is 1. The summed E-state index contributed by atoms with van der Waals surface area (Å²) in [5.74, 6) is -0.259. The van der Waals surface area contributed by atoms with E-state index in [1.807, 2.05) is 66.7 Å². The molecule has 2 N–H and O–H groups in total. The van der Waals surface area contributed by atoms with Crippen LogP contribution in [0.15, 0.2) is 95.9 Å². The Morgan fingerprint density at radius 3 is 2.47 bits per heavy atom. The number of nitrogens with zero attached hydrogens (tertiary/aromatic N) is 1. The van der Waals surface area contributed by atoms with Crippen LogP contribution in [0.25, 0.3) is 10.8 Å². The topological polar surface area (TPSA) is 99.1 Å². The number of hydrogen-bond donors (Lipinski definition) is 2. The van der Waals surface area contributed by atoms with E-state index in [1.54, 1.807) is 24.3 Å². The van der Waals surface area contributed by atoms with Gasteiger partial charge in [-0.2, -0.15) is 5.26 Å². The largest absolute Gasteiger partial charge is 0.349 e. The summed E-state index contributed by atoms with van der Waals surface area (Å²) in [4.78, 5) is 13.3. The number of sulfonamides is 1. The number of nitrogens with one attached hydrogen (secondary N) is 2. The van der Waals surface area contributed by atoms with Crippen LogP contribution in [0.5, 0.6) is 0 Å². The van der Waals surface area contributed by atoms with E-state index in [0.29, 0.717) is 17.5 Å². The van der Waals surface area contributed by atoms with Gasteiger partial charge in [0, 0.05) is 6.42 Å². The number of rotatable bonds is 7. The molecule has 1 aliphatic carbocycles. The molecule has 0 bridgehead atoms. The van der Waals surface area contributed by atoms with Gasteiger partial charge in [-0.15, -0.1) is 0 Å². The second kappa shape index (κ2) is 9.94. The van der Waals surface area contributed by atoms with Crippen LogP contribution in [-0.4, -0.2) is 14.3 Å². The van der Waals surface area contributed by atoms with Crippen LogP contribution in [0, 0.1) is 11.3 Å². The van der Waals surface area contributed by atoms with Crippen molar-refractivity contribution in [2.45, 2.75) is 36.2 Å². The lowest BCUT2D eigenvalue weighted by molar-refractivity contribution is -0.122. The molecule has 0 aliphatic heterocycles. The molecule has 180 valence electrons. The number of benzene rings is 4. The molecule has 1 amide bonds. The van der Waals surface area contributed by atoms with E-state index in [9.17, 15) is 18.5 Å². The maximum absolute atomic E-state index is 13.3. The molecular weight excluding hydrogens is 470 g/mol. The fourth-order valence-electron chi connectivity index (χ4n) is 4.85. The van der Waals surface area contributed by atoms with E-state index in [2.05, 4.69) is 16.1 Å². The molecule has 0 fully saturated rings. The van der Waals surface area contributed by atoms with Crippen molar-refractivity contribution >= 4 is 26.7 Å². The summed E-state index contributed by atoms with van der Waals surface area (Å²) in [5, 5.41) is 14.2. The number of amides is 1. The first-order valence-corrected chi connectivity index (χ1v) is 13.3. The van der Waals surface area contributed by atoms with Crippen molar-refractivity contribution in [2.75, 3.05) is 0 Å². The monoisotopic (exact) mass is 495 g/mol. The number of carbonyl (C=O) groups is 1. The van der Waals surface area contributed by atoms with Crippen LogP contribution in [0.1, 0.15) is 47.2 Å². The predicted molar refractivity (Wildman–Crippen MR) is 138 cm³/mol. The standard InChI is InChI=1S/C29H25N3O3S/c30-19-23-11-6-12-26-25(23)15-16-27(26)31-29(33)18-28(21-8-2-1-3-9-21)32-36(34,35)24-14-13-20-7-4-5-10-22(20)17-24/h1-14,17,27-28,32H,15-16,18H2,(H,31,33). The van der Waals surface area contributed by atoms with Gasteiger partial charge in [-0.05, 0) is 58.5 Å². The third-order valence-corrected chi connectivity index (χ3v) is 8.12. The van der Waals surface area contributed by atoms with Gasteiger partial charge >= 0.3 is 0 Å². The molecule has 2 unspecified atom stereocenters. The molecule has 4 aromatic carbocycles. The molecule has 1 aliphatic rings. The maximum atomic E-state index is 13.3. The predicted octanol–water partition coefficient (Wildman–Crippen LogP) is 4.92. The molecule has 7 heteroatoms. The van der Waals surface area contributed by atoms with Crippen molar-refractivity contribution in [2.24, 2.45) is 0 Å². The maximum Gasteiger partial charge on any atom is 0.241 e. The highest BCUT2D eigenvalue weighted by atomic mass is 32.2. The summed E-state index contributed by atoms with van der Waals surface area (Å²) in [5.41, 5.74) is 3.27. The Labute approximate surface area is 210 Å². The molecule has 2 atom stereocenters. The van der Waals surface area contributed by atoms with Crippen molar-refractivity contribution in [1.82, 2.24) is 10.0 Å². The van der Waals surface area contributed by atoms with E-state index >= 15 is 0 Å². The zero-order chi connectivity index (χ0) is 25.1. The van der Waals surface area contributed by atoms with Gasteiger partial charge in [0.2, 0.25) is 15.9 Å². The lowest BCUT2D eigenvalue weighted by Crippen LogP contribution is -2.35. The average Bonchev–Trinajstić information content (AvgIpc) is 3.31. The summed E-state index contributed by atoms with van der Waals surface area (Å²) in [7, 11) is -3.90. The van der Waals surface area contributed by atoms with Crippen LogP contribution in [-0.2, 0) is 21.2 Å². The summed E-state index contributed by atoms with van der Waals surface area (Å²) >= 11 is 0. The molecule has 6 nitrogen and oxygen atoms in total. The smallest absolute Gasteiger partial charge is 0.241 e. The van der Waals surface area contributed by atoms with E-state index in [4.69, 9.17) is 0 Å². The minimum atomic E-state index is -3.90. The van der Waals surface area contributed by atoms with Gasteiger partial charge in [-0.25, -0.2) is 13.1 Å². The molecule has 0 aromatic heterocycles. The number of fused-ring (bicyclic) bond motifs is 2. The lowest BCUT2D eigenvalue weighted by atomic mass is 10.0. The van der Waals surface area contributed by atoms with Gasteiger partial charge in [0.15, 0.2) is 0 Å². The molecule has 36 heavy (non-hydrogen) atoms. The fourth-order valence-corrected chi connectivity index (χ4v) is 6.11. The fraction of sp³-hybridized carbons (Fsp3) is 0.172. The Balaban J connectivity index is 1.37. The second-order valence-electron chi connectivity index (χ2n) is 8.94. The van der Waals surface area contributed by atoms with Crippen LogP contribution in [0.4, 0.5) is 0 Å². The van der Waals surface area contributed by atoms with E-state index in [0.717, 1.165) is 28.3 Å². The van der Waals surface area contributed by atoms with Crippen molar-refractivity contribution in [3.05, 3.63) is 113 Å². The van der Waals surface area contributed by atoms with Gasteiger partial charge in [0.1, 0.15) is 0 Å². The minimum Gasteiger partial charge on any atom is -0.349 e. The Morgan fingerprint density at radius 2 is 1.69 bits per heavy atom. The van der Waals surface area contributed by atoms with Crippen molar-refractivity contribution in [3.8, 4) is 6.07 Å². The van der Waals surface area contributed by atoms with E-state index in [-0.39, 0.29) is 23.3 Å². The summed E-state index contributed by atoms with van der Waals surface area (Å²) in [6, 6.07) is 28.5. The van der Waals surface area contributed by atoms with Gasteiger partial charge in [0.05, 0.1) is 28.6 Å². The minimum absolute atomic E-state index is 0.0550. The quantitative estimate of drug-likeness (QED) is 0.380.